The molecule has 3 aromatic rings. The zero-order valence-electron chi connectivity index (χ0n) is 19.4. The summed E-state index contributed by atoms with van der Waals surface area (Å²) in [5.74, 6) is 1.29. The number of fused-ring (bicyclic) bond motifs is 3. The van der Waals surface area contributed by atoms with Gasteiger partial charge < -0.3 is 10.6 Å². The standard InChI is InChI=1S/C26H31N7O/c1-2-22(34)31-11-3-4-21(15-31)33-26-23(25(27)28-16-29-26)24(30-33)19-8-5-17(6-9-19)13-32-14-18-7-10-20(32)12-18/h2,5-6,8-9,16,18,20-21H,1,3-4,7,10-15H2,(H2,27,28,29). The molecule has 0 spiro atoms. The Labute approximate surface area is 199 Å². The van der Waals surface area contributed by atoms with E-state index in [0.29, 0.717) is 12.4 Å². The maximum atomic E-state index is 12.2. The van der Waals surface area contributed by atoms with Crippen LogP contribution in [0.15, 0.2) is 43.2 Å². The van der Waals surface area contributed by atoms with Crippen LogP contribution >= 0.6 is 0 Å². The van der Waals surface area contributed by atoms with Gasteiger partial charge in [-0.3, -0.25) is 9.69 Å². The van der Waals surface area contributed by atoms with Gasteiger partial charge in [-0.05, 0) is 49.7 Å². The molecule has 4 heterocycles. The Morgan fingerprint density at radius 3 is 2.71 bits per heavy atom. The van der Waals surface area contributed by atoms with Gasteiger partial charge in [-0.15, -0.1) is 0 Å². The Bertz CT molecular complexity index is 1230. The van der Waals surface area contributed by atoms with E-state index >= 15 is 0 Å². The normalized spacial score (nSPS) is 24.7. The Balaban J connectivity index is 1.31. The molecule has 2 bridgehead atoms. The van der Waals surface area contributed by atoms with Crippen LogP contribution in [0.2, 0.25) is 0 Å². The zero-order chi connectivity index (χ0) is 23.2. The maximum absolute atomic E-state index is 12.2. The summed E-state index contributed by atoms with van der Waals surface area (Å²) in [6.07, 6.45) is 8.83. The molecule has 2 N–H and O–H groups in total. The first-order chi connectivity index (χ1) is 16.6. The quantitative estimate of drug-likeness (QED) is 0.590. The molecule has 2 aliphatic heterocycles. The molecule has 3 atom stereocenters. The number of aromatic nitrogens is 4. The lowest BCUT2D eigenvalue weighted by Crippen LogP contribution is -2.40. The van der Waals surface area contributed by atoms with E-state index in [1.807, 2.05) is 9.58 Å². The molecule has 1 saturated carbocycles. The number of hydrogen-bond acceptors (Lipinski definition) is 6. The van der Waals surface area contributed by atoms with E-state index in [9.17, 15) is 4.79 Å². The van der Waals surface area contributed by atoms with Crippen molar-refractivity contribution in [1.82, 2.24) is 29.5 Å². The van der Waals surface area contributed by atoms with Gasteiger partial charge in [0.1, 0.15) is 17.8 Å². The van der Waals surface area contributed by atoms with E-state index in [4.69, 9.17) is 10.8 Å². The lowest BCUT2D eigenvalue weighted by Gasteiger charge is -2.32. The van der Waals surface area contributed by atoms with Crippen LogP contribution in [0.1, 0.15) is 43.7 Å². The molecule has 1 amide bonds. The molecule has 2 saturated heterocycles. The van der Waals surface area contributed by atoms with Gasteiger partial charge in [0.15, 0.2) is 5.65 Å². The third-order valence-electron chi connectivity index (χ3n) is 7.88. The smallest absolute Gasteiger partial charge is 0.246 e. The molecule has 1 aliphatic carbocycles. The molecule has 8 heteroatoms. The van der Waals surface area contributed by atoms with Gasteiger partial charge in [0.05, 0.1) is 11.4 Å². The molecular weight excluding hydrogens is 426 g/mol. The SMILES string of the molecule is C=CC(=O)N1CCCC(n2nc(-c3ccc(CN4CC5CCC4C5)cc3)c3c(N)ncnc32)C1. The number of amides is 1. The van der Waals surface area contributed by atoms with Crippen molar-refractivity contribution in [2.75, 3.05) is 25.4 Å². The molecule has 3 unspecified atom stereocenters. The number of carbonyl (C=O) groups excluding carboxylic acids is 1. The number of nitrogens with zero attached hydrogens (tertiary/aromatic N) is 6. The highest BCUT2D eigenvalue weighted by Crippen LogP contribution is 2.38. The molecule has 3 fully saturated rings. The van der Waals surface area contributed by atoms with Crippen LogP contribution in [0.4, 0.5) is 5.82 Å². The van der Waals surface area contributed by atoms with Crippen LogP contribution in [0.25, 0.3) is 22.3 Å². The van der Waals surface area contributed by atoms with Gasteiger partial charge in [-0.2, -0.15) is 5.10 Å². The summed E-state index contributed by atoms with van der Waals surface area (Å²) in [6, 6.07) is 9.49. The summed E-state index contributed by atoms with van der Waals surface area (Å²) < 4.78 is 1.94. The fraction of sp³-hybridized carbons (Fsp3) is 0.462. The number of hydrogen-bond donors (Lipinski definition) is 1. The summed E-state index contributed by atoms with van der Waals surface area (Å²) in [4.78, 5) is 25.5. The van der Waals surface area contributed by atoms with Crippen molar-refractivity contribution >= 4 is 22.8 Å². The van der Waals surface area contributed by atoms with E-state index in [0.717, 1.165) is 60.2 Å². The molecular formula is C26H31N7O. The number of nitrogens with two attached hydrogens (primary N) is 1. The van der Waals surface area contributed by atoms with Gasteiger partial charge in [0.25, 0.3) is 0 Å². The predicted molar refractivity (Wildman–Crippen MR) is 132 cm³/mol. The first-order valence-electron chi connectivity index (χ1n) is 12.3. The molecule has 1 aromatic carbocycles. The second-order valence-electron chi connectivity index (χ2n) is 9.99. The third kappa shape index (κ3) is 3.66. The van der Waals surface area contributed by atoms with Crippen molar-refractivity contribution in [3.05, 3.63) is 48.8 Å². The number of anilines is 1. The topological polar surface area (TPSA) is 93.2 Å². The molecule has 2 aromatic heterocycles. The van der Waals surface area contributed by atoms with Gasteiger partial charge in [-0.1, -0.05) is 30.8 Å². The second kappa shape index (κ2) is 8.51. The number of benzene rings is 1. The highest BCUT2D eigenvalue weighted by atomic mass is 16.2. The molecule has 34 heavy (non-hydrogen) atoms. The van der Waals surface area contributed by atoms with Crippen LogP contribution in [-0.2, 0) is 11.3 Å². The Morgan fingerprint density at radius 2 is 1.97 bits per heavy atom. The van der Waals surface area contributed by atoms with Gasteiger partial charge in [-0.25, -0.2) is 14.6 Å². The zero-order valence-corrected chi connectivity index (χ0v) is 19.4. The van der Waals surface area contributed by atoms with Crippen LogP contribution in [0, 0.1) is 5.92 Å². The Kier molecular flexibility index (Phi) is 5.32. The van der Waals surface area contributed by atoms with E-state index in [2.05, 4.69) is 45.7 Å². The molecule has 0 radical (unpaired) electrons. The molecule has 8 nitrogen and oxygen atoms in total. The van der Waals surface area contributed by atoms with Crippen LogP contribution in [0.3, 0.4) is 0 Å². The van der Waals surface area contributed by atoms with E-state index in [-0.39, 0.29) is 11.9 Å². The monoisotopic (exact) mass is 457 g/mol. The number of piperidine rings is 2. The summed E-state index contributed by atoms with van der Waals surface area (Å²) in [6.45, 7) is 7.21. The van der Waals surface area contributed by atoms with Gasteiger partial charge in [0, 0.05) is 37.8 Å². The lowest BCUT2D eigenvalue weighted by molar-refractivity contribution is -0.127. The highest BCUT2D eigenvalue weighted by molar-refractivity contribution is 5.98. The van der Waals surface area contributed by atoms with E-state index < -0.39 is 0 Å². The fourth-order valence-electron chi connectivity index (χ4n) is 6.16. The van der Waals surface area contributed by atoms with Crippen LogP contribution in [0.5, 0.6) is 0 Å². The summed E-state index contributed by atoms with van der Waals surface area (Å²) in [5, 5.41) is 5.76. The van der Waals surface area contributed by atoms with E-state index in [1.165, 1.54) is 43.8 Å². The summed E-state index contributed by atoms with van der Waals surface area (Å²) in [5.41, 5.74) is 10.2. The maximum Gasteiger partial charge on any atom is 0.246 e. The number of nitrogen functional groups attached to an aromatic ring is 1. The Hall–Kier alpha value is -3.26. The first kappa shape index (κ1) is 21.3. The number of likely N-dealkylation sites (tertiary alicyclic amines) is 2. The second-order valence-corrected chi connectivity index (χ2v) is 9.99. The molecule has 3 aliphatic rings. The molecule has 176 valence electrons. The molecule has 6 rings (SSSR count). The first-order valence-corrected chi connectivity index (χ1v) is 12.3. The summed E-state index contributed by atoms with van der Waals surface area (Å²) in [7, 11) is 0. The van der Waals surface area contributed by atoms with Crippen molar-refractivity contribution in [2.24, 2.45) is 5.92 Å². The average molecular weight is 458 g/mol. The third-order valence-corrected chi connectivity index (χ3v) is 7.88. The highest BCUT2D eigenvalue weighted by Gasteiger charge is 2.37. The minimum atomic E-state index is -0.0441. The van der Waals surface area contributed by atoms with Gasteiger partial charge >= 0.3 is 0 Å². The Morgan fingerprint density at radius 1 is 1.12 bits per heavy atom. The van der Waals surface area contributed by atoms with Crippen molar-refractivity contribution in [3.63, 3.8) is 0 Å². The van der Waals surface area contributed by atoms with Crippen molar-refractivity contribution < 1.29 is 4.79 Å². The number of carbonyl (C=O) groups is 1. The van der Waals surface area contributed by atoms with Crippen LogP contribution in [-0.4, -0.2) is 61.1 Å². The number of rotatable bonds is 5. The van der Waals surface area contributed by atoms with Crippen molar-refractivity contribution in [2.45, 2.75) is 50.7 Å². The van der Waals surface area contributed by atoms with E-state index in [1.54, 1.807) is 0 Å². The minimum Gasteiger partial charge on any atom is -0.383 e. The fourth-order valence-corrected chi connectivity index (χ4v) is 6.16. The van der Waals surface area contributed by atoms with Crippen molar-refractivity contribution in [3.8, 4) is 11.3 Å². The average Bonchev–Trinajstić information content (AvgIpc) is 3.59. The summed E-state index contributed by atoms with van der Waals surface area (Å²) >= 11 is 0. The van der Waals surface area contributed by atoms with Crippen LogP contribution < -0.4 is 5.73 Å². The largest absolute Gasteiger partial charge is 0.383 e. The minimum absolute atomic E-state index is 0.0352. The lowest BCUT2D eigenvalue weighted by atomic mass is 10.1. The predicted octanol–water partition coefficient (Wildman–Crippen LogP) is 3.41. The van der Waals surface area contributed by atoms with Crippen molar-refractivity contribution in [1.29, 1.82) is 0 Å². The van der Waals surface area contributed by atoms with Gasteiger partial charge in [0.2, 0.25) is 5.91 Å².